The van der Waals surface area contributed by atoms with Gasteiger partial charge in [-0.3, -0.25) is 9.13 Å². The Hall–Kier alpha value is -6.85. The van der Waals surface area contributed by atoms with E-state index in [4.69, 9.17) is 15.0 Å². The molecule has 0 atom stereocenters. The summed E-state index contributed by atoms with van der Waals surface area (Å²) in [6.07, 6.45) is 1.87. The Bertz CT molecular complexity index is 2800. The van der Waals surface area contributed by atoms with Gasteiger partial charge in [-0.15, -0.1) is 0 Å². The molecule has 5 nitrogen and oxygen atoms in total. The van der Waals surface area contributed by atoms with Gasteiger partial charge in [0.05, 0.1) is 27.9 Å². The molecule has 0 radical (unpaired) electrons. The largest absolute Gasteiger partial charge is 0.294 e. The molecule has 50 heavy (non-hydrogen) atoms. The Morgan fingerprint density at radius 3 is 1.68 bits per heavy atom. The first kappa shape index (κ1) is 28.2. The van der Waals surface area contributed by atoms with Crippen LogP contribution in [0, 0.1) is 0 Å². The molecule has 234 valence electrons. The smallest absolute Gasteiger partial charge is 0.235 e. The van der Waals surface area contributed by atoms with Crippen molar-refractivity contribution >= 4 is 43.7 Å². The van der Waals surface area contributed by atoms with E-state index < -0.39 is 0 Å². The Kier molecular flexibility index (Phi) is 6.42. The highest BCUT2D eigenvalue weighted by Crippen LogP contribution is 2.38. The molecule has 0 aliphatic rings. The maximum atomic E-state index is 5.22. The molecule has 4 heterocycles. The van der Waals surface area contributed by atoms with E-state index in [2.05, 4.69) is 155 Å². The zero-order chi connectivity index (χ0) is 33.0. The van der Waals surface area contributed by atoms with Gasteiger partial charge in [-0.05, 0) is 65.7 Å². The predicted octanol–water partition coefficient (Wildman–Crippen LogP) is 11.1. The van der Waals surface area contributed by atoms with Crippen LogP contribution in [0.15, 0.2) is 176 Å². The average molecular weight is 640 g/mol. The van der Waals surface area contributed by atoms with Crippen LogP contribution in [0.1, 0.15) is 0 Å². The van der Waals surface area contributed by atoms with E-state index in [0.717, 1.165) is 77.7 Å². The molecular weight excluding hydrogens is 611 g/mol. The number of aromatic nitrogens is 5. The van der Waals surface area contributed by atoms with Crippen LogP contribution in [-0.2, 0) is 0 Å². The number of pyridine rings is 1. The van der Waals surface area contributed by atoms with Crippen molar-refractivity contribution in [2.45, 2.75) is 0 Å². The van der Waals surface area contributed by atoms with Gasteiger partial charge in [0.1, 0.15) is 5.65 Å². The van der Waals surface area contributed by atoms with Crippen molar-refractivity contribution in [3.05, 3.63) is 176 Å². The second kappa shape index (κ2) is 11.4. The van der Waals surface area contributed by atoms with Gasteiger partial charge in [-0.2, -0.15) is 0 Å². The van der Waals surface area contributed by atoms with E-state index in [1.54, 1.807) is 0 Å². The molecule has 4 aromatic heterocycles. The summed E-state index contributed by atoms with van der Waals surface area (Å²) in [7, 11) is 0. The number of hydrogen-bond acceptors (Lipinski definition) is 3. The van der Waals surface area contributed by atoms with E-state index in [1.807, 2.05) is 30.5 Å². The molecule has 10 rings (SSSR count). The Morgan fingerprint density at radius 2 is 0.940 bits per heavy atom. The van der Waals surface area contributed by atoms with Gasteiger partial charge in [0.2, 0.25) is 5.95 Å². The van der Waals surface area contributed by atoms with Crippen LogP contribution in [0.3, 0.4) is 0 Å². The van der Waals surface area contributed by atoms with Gasteiger partial charge in [-0.1, -0.05) is 115 Å². The van der Waals surface area contributed by atoms with Gasteiger partial charge in [0.25, 0.3) is 0 Å². The van der Waals surface area contributed by atoms with Crippen molar-refractivity contribution in [2.75, 3.05) is 0 Å². The van der Waals surface area contributed by atoms with Crippen LogP contribution in [0.2, 0.25) is 0 Å². The van der Waals surface area contributed by atoms with Crippen LogP contribution in [0.5, 0.6) is 0 Å². The second-order valence-electron chi connectivity index (χ2n) is 12.5. The highest BCUT2D eigenvalue weighted by molar-refractivity contribution is 6.11. The molecular formula is C45H29N5. The molecule has 0 bridgehead atoms. The molecule has 0 aliphatic carbocycles. The zero-order valence-corrected chi connectivity index (χ0v) is 27.0. The third-order valence-electron chi connectivity index (χ3n) is 9.60. The first-order valence-electron chi connectivity index (χ1n) is 16.8. The summed E-state index contributed by atoms with van der Waals surface area (Å²) in [5, 5.41) is 4.62. The van der Waals surface area contributed by atoms with Crippen LogP contribution in [0.25, 0.3) is 89.0 Å². The minimum atomic E-state index is 0.640. The van der Waals surface area contributed by atoms with E-state index in [1.165, 1.54) is 5.39 Å². The molecule has 0 saturated heterocycles. The topological polar surface area (TPSA) is 48.5 Å². The number of benzene rings is 6. The van der Waals surface area contributed by atoms with Crippen molar-refractivity contribution in [2.24, 2.45) is 0 Å². The van der Waals surface area contributed by atoms with Gasteiger partial charge >= 0.3 is 0 Å². The predicted molar refractivity (Wildman–Crippen MR) is 205 cm³/mol. The van der Waals surface area contributed by atoms with Crippen molar-refractivity contribution in [3.63, 3.8) is 0 Å². The number of fused-ring (bicyclic) bond motifs is 6. The van der Waals surface area contributed by atoms with Crippen molar-refractivity contribution < 1.29 is 0 Å². The quantitative estimate of drug-likeness (QED) is 0.188. The van der Waals surface area contributed by atoms with Gasteiger partial charge in [-0.25, -0.2) is 15.0 Å². The van der Waals surface area contributed by atoms with Crippen molar-refractivity contribution in [1.82, 2.24) is 24.1 Å². The lowest BCUT2D eigenvalue weighted by atomic mass is 10.0. The van der Waals surface area contributed by atoms with Crippen LogP contribution >= 0.6 is 0 Å². The fourth-order valence-corrected chi connectivity index (χ4v) is 7.28. The van der Waals surface area contributed by atoms with E-state index in [9.17, 15) is 0 Å². The first-order chi connectivity index (χ1) is 24.8. The summed E-state index contributed by atoms with van der Waals surface area (Å²) in [4.78, 5) is 15.3. The van der Waals surface area contributed by atoms with Gasteiger partial charge < -0.3 is 0 Å². The lowest BCUT2D eigenvalue weighted by molar-refractivity contribution is 0.996. The maximum Gasteiger partial charge on any atom is 0.235 e. The lowest BCUT2D eigenvalue weighted by Gasteiger charge is -2.12. The molecule has 0 aliphatic heterocycles. The number of nitrogens with zero attached hydrogens (tertiary/aromatic N) is 5. The number of rotatable bonds is 5. The minimum absolute atomic E-state index is 0.640. The summed E-state index contributed by atoms with van der Waals surface area (Å²) < 4.78 is 4.47. The molecule has 6 aromatic carbocycles. The number of para-hydroxylation sites is 2. The molecule has 0 amide bonds. The maximum absolute atomic E-state index is 5.22. The molecule has 0 unspecified atom stereocenters. The Balaban J connectivity index is 1.20. The van der Waals surface area contributed by atoms with Crippen molar-refractivity contribution in [1.29, 1.82) is 0 Å². The molecule has 0 fully saturated rings. The highest BCUT2D eigenvalue weighted by atomic mass is 15.2. The molecule has 0 saturated carbocycles. The number of hydrogen-bond donors (Lipinski definition) is 0. The monoisotopic (exact) mass is 639 g/mol. The summed E-state index contributed by atoms with van der Waals surface area (Å²) in [5.41, 5.74) is 11.4. The van der Waals surface area contributed by atoms with Crippen LogP contribution < -0.4 is 0 Å². The standard InChI is InChI=1S/C45H29N5/c1-4-13-30(14-5-1)39-29-40(31-15-6-2-7-16-31)48-45(47-39)50-41-21-11-10-19-35(41)36-24-22-33(28-43(36)50)32-23-25-42-38(27-32)37-20-12-26-46-44(37)49(42)34-17-8-3-9-18-34/h1-29H. The van der Waals surface area contributed by atoms with Gasteiger partial charge in [0.15, 0.2) is 0 Å². The summed E-state index contributed by atoms with van der Waals surface area (Å²) >= 11 is 0. The Labute approximate surface area is 288 Å². The summed E-state index contributed by atoms with van der Waals surface area (Å²) in [6, 6.07) is 59.4. The minimum Gasteiger partial charge on any atom is -0.294 e. The van der Waals surface area contributed by atoms with Crippen molar-refractivity contribution in [3.8, 4) is 45.3 Å². The summed E-state index contributed by atoms with van der Waals surface area (Å²) in [6.45, 7) is 0. The van der Waals surface area contributed by atoms with E-state index in [0.29, 0.717) is 5.95 Å². The van der Waals surface area contributed by atoms with Gasteiger partial charge in [0, 0.05) is 44.6 Å². The molecule has 0 spiro atoms. The van der Waals surface area contributed by atoms with Crippen LogP contribution in [-0.4, -0.2) is 24.1 Å². The Morgan fingerprint density at radius 1 is 0.360 bits per heavy atom. The normalized spacial score (nSPS) is 11.6. The lowest BCUT2D eigenvalue weighted by Crippen LogP contribution is -2.04. The zero-order valence-electron chi connectivity index (χ0n) is 27.0. The van der Waals surface area contributed by atoms with Crippen LogP contribution in [0.4, 0.5) is 0 Å². The fraction of sp³-hybridized carbons (Fsp3) is 0. The van der Waals surface area contributed by atoms with E-state index in [-0.39, 0.29) is 0 Å². The molecule has 0 N–H and O–H groups in total. The second-order valence-corrected chi connectivity index (χ2v) is 12.5. The SMILES string of the molecule is c1ccc(-c2cc(-c3ccccc3)nc(-n3c4ccccc4c4ccc(-c5ccc6c(c5)c5cccnc5n6-c5ccccc5)cc43)n2)cc1. The fourth-order valence-electron chi connectivity index (χ4n) is 7.28. The summed E-state index contributed by atoms with van der Waals surface area (Å²) in [5.74, 6) is 0.640. The molecule has 5 heteroatoms. The first-order valence-corrected chi connectivity index (χ1v) is 16.8. The average Bonchev–Trinajstić information content (AvgIpc) is 3.71. The highest BCUT2D eigenvalue weighted by Gasteiger charge is 2.19. The molecule has 10 aromatic rings. The third kappa shape index (κ3) is 4.52. The third-order valence-corrected chi connectivity index (χ3v) is 9.60. The van der Waals surface area contributed by atoms with E-state index >= 15 is 0 Å².